The molecule has 0 aliphatic carbocycles. The Morgan fingerprint density at radius 1 is 1.38 bits per heavy atom. The summed E-state index contributed by atoms with van der Waals surface area (Å²) in [6.07, 6.45) is 3.43. The van der Waals surface area contributed by atoms with Crippen LogP contribution in [0, 0.1) is 0 Å². The van der Waals surface area contributed by atoms with Gasteiger partial charge < -0.3 is 15.4 Å². The number of hydrogen-bond donors (Lipinski definition) is 3. The number of carboxylic acids is 1. The van der Waals surface area contributed by atoms with Crippen LogP contribution in [0.3, 0.4) is 0 Å². The second kappa shape index (κ2) is 6.73. The fraction of sp³-hybridized carbons (Fsp3) is 0.556. The van der Waals surface area contributed by atoms with E-state index in [2.05, 4.69) is 15.3 Å². The number of piperidine rings is 1. The number of carbonyl (C=O) groups is 1. The number of nitrogens with zero attached hydrogens (tertiary/aromatic N) is 1. The molecule has 1 aromatic heterocycles. The number of nitrogens with one attached hydrogen (secondary N) is 2. The van der Waals surface area contributed by atoms with Crippen LogP contribution in [0.2, 0.25) is 0 Å². The number of H-pyrrole nitrogens is 1. The second-order valence-electron chi connectivity index (χ2n) is 3.51. The smallest absolute Gasteiger partial charge is 0.353 e. The summed E-state index contributed by atoms with van der Waals surface area (Å²) in [5, 5.41) is 12.0. The van der Waals surface area contributed by atoms with Gasteiger partial charge in [-0.2, -0.15) is 0 Å². The number of carboxylic acid groups (broad SMARTS) is 1. The monoisotopic (exact) mass is 267 g/mol. The molecule has 1 saturated heterocycles. The van der Waals surface area contributed by atoms with Crippen LogP contribution in [0.25, 0.3) is 0 Å². The first kappa shape index (κ1) is 15.2. The maximum Gasteiger partial charge on any atom is 0.353 e. The lowest BCUT2D eigenvalue weighted by atomic mass is 9.98. The van der Waals surface area contributed by atoms with Crippen molar-refractivity contribution in [2.75, 3.05) is 13.1 Å². The minimum Gasteiger partial charge on any atom is -0.477 e. The van der Waals surface area contributed by atoms with Crippen LogP contribution in [-0.4, -0.2) is 34.1 Å². The predicted molar refractivity (Wildman–Crippen MR) is 64.9 cm³/mol. The number of rotatable bonds is 2. The fourth-order valence-corrected chi connectivity index (χ4v) is 1.75. The van der Waals surface area contributed by atoms with Gasteiger partial charge in [-0.05, 0) is 25.9 Å². The minimum atomic E-state index is -0.947. The summed E-state index contributed by atoms with van der Waals surface area (Å²) in [6.45, 7) is 1.96. The molecule has 0 radical (unpaired) electrons. The fourth-order valence-electron chi connectivity index (χ4n) is 1.75. The molecule has 2 heterocycles. The molecule has 0 bridgehead atoms. The van der Waals surface area contributed by atoms with Crippen molar-refractivity contribution in [3.63, 3.8) is 0 Å². The Hall–Kier alpha value is -0.780. The molecule has 0 unspecified atom stereocenters. The Balaban J connectivity index is 0.00000112. The van der Waals surface area contributed by atoms with Crippen LogP contribution in [0.1, 0.15) is 35.1 Å². The third kappa shape index (κ3) is 3.37. The number of halogens is 2. The third-order valence-electron chi connectivity index (χ3n) is 2.55. The molecule has 0 saturated carbocycles. The second-order valence-corrected chi connectivity index (χ2v) is 3.51. The topological polar surface area (TPSA) is 78.0 Å². The van der Waals surface area contributed by atoms with Crippen molar-refractivity contribution in [3.05, 3.63) is 17.7 Å². The predicted octanol–water partition coefficient (Wildman–Crippen LogP) is 1.42. The van der Waals surface area contributed by atoms with E-state index in [4.69, 9.17) is 5.11 Å². The van der Waals surface area contributed by atoms with Gasteiger partial charge >= 0.3 is 5.97 Å². The number of hydrogen-bond acceptors (Lipinski definition) is 3. The largest absolute Gasteiger partial charge is 0.477 e. The molecule has 1 fully saturated rings. The molecule has 1 aliphatic rings. The normalized spacial score (nSPS) is 16.0. The lowest BCUT2D eigenvalue weighted by Gasteiger charge is -2.20. The van der Waals surface area contributed by atoms with E-state index in [9.17, 15) is 4.79 Å². The summed E-state index contributed by atoms with van der Waals surface area (Å²) in [4.78, 5) is 17.6. The summed E-state index contributed by atoms with van der Waals surface area (Å²) in [5.74, 6) is 0.242. The molecule has 1 aromatic rings. The maximum absolute atomic E-state index is 10.6. The van der Waals surface area contributed by atoms with Crippen molar-refractivity contribution < 1.29 is 9.90 Å². The molecule has 0 aromatic carbocycles. The molecule has 3 N–H and O–H groups in total. The van der Waals surface area contributed by atoms with Crippen molar-refractivity contribution in [3.8, 4) is 0 Å². The average molecular weight is 268 g/mol. The summed E-state index contributed by atoms with van der Waals surface area (Å²) < 4.78 is 0. The summed E-state index contributed by atoms with van der Waals surface area (Å²) in [6, 6.07) is 0. The molecule has 0 amide bonds. The van der Waals surface area contributed by atoms with E-state index in [0.717, 1.165) is 31.8 Å². The van der Waals surface area contributed by atoms with Crippen LogP contribution in [0.15, 0.2) is 6.20 Å². The highest BCUT2D eigenvalue weighted by molar-refractivity contribution is 5.85. The number of aromatic nitrogens is 2. The SMILES string of the molecule is Cl.Cl.O=C(O)c1cnc(C2CCNCC2)[nH]1. The van der Waals surface area contributed by atoms with E-state index < -0.39 is 5.97 Å². The van der Waals surface area contributed by atoms with Crippen LogP contribution >= 0.6 is 24.8 Å². The zero-order chi connectivity index (χ0) is 9.97. The van der Waals surface area contributed by atoms with Crippen molar-refractivity contribution in [1.82, 2.24) is 15.3 Å². The standard InChI is InChI=1S/C9H13N3O2.2ClH/c13-9(14)7-5-11-8(12-7)6-1-3-10-4-2-6;;/h5-6,10H,1-4H2,(H,11,12)(H,13,14);2*1H. The lowest BCUT2D eigenvalue weighted by molar-refractivity contribution is 0.0691. The van der Waals surface area contributed by atoms with Crippen molar-refractivity contribution >= 4 is 30.8 Å². The van der Waals surface area contributed by atoms with Gasteiger partial charge in [0.05, 0.1) is 6.20 Å². The summed E-state index contributed by atoms with van der Waals surface area (Å²) in [7, 11) is 0. The number of aromatic carboxylic acids is 1. The molecule has 92 valence electrons. The van der Waals surface area contributed by atoms with Crippen LogP contribution in [0.5, 0.6) is 0 Å². The van der Waals surface area contributed by atoms with Gasteiger partial charge in [-0.3, -0.25) is 0 Å². The van der Waals surface area contributed by atoms with E-state index in [-0.39, 0.29) is 30.5 Å². The molecule has 7 heteroatoms. The molecular weight excluding hydrogens is 253 g/mol. The molecule has 16 heavy (non-hydrogen) atoms. The van der Waals surface area contributed by atoms with Gasteiger partial charge in [0.1, 0.15) is 11.5 Å². The van der Waals surface area contributed by atoms with E-state index in [1.165, 1.54) is 6.20 Å². The Morgan fingerprint density at radius 2 is 2.00 bits per heavy atom. The van der Waals surface area contributed by atoms with Gasteiger partial charge in [-0.15, -0.1) is 24.8 Å². The van der Waals surface area contributed by atoms with Crippen LogP contribution in [0.4, 0.5) is 0 Å². The highest BCUT2D eigenvalue weighted by Crippen LogP contribution is 2.22. The zero-order valence-electron chi connectivity index (χ0n) is 8.60. The number of imidazole rings is 1. The van der Waals surface area contributed by atoms with E-state index in [0.29, 0.717) is 5.92 Å². The van der Waals surface area contributed by atoms with Gasteiger partial charge in [0.2, 0.25) is 0 Å². The van der Waals surface area contributed by atoms with Crippen molar-refractivity contribution in [2.24, 2.45) is 0 Å². The molecule has 0 atom stereocenters. The van der Waals surface area contributed by atoms with E-state index in [1.807, 2.05) is 0 Å². The first-order chi connectivity index (χ1) is 6.77. The first-order valence-electron chi connectivity index (χ1n) is 4.76. The Bertz CT molecular complexity index is 337. The molecule has 1 aliphatic heterocycles. The summed E-state index contributed by atoms with van der Waals surface area (Å²) in [5.41, 5.74) is 0.179. The van der Waals surface area contributed by atoms with Gasteiger partial charge in [0, 0.05) is 5.92 Å². The maximum atomic E-state index is 10.6. The van der Waals surface area contributed by atoms with Crippen molar-refractivity contribution in [1.29, 1.82) is 0 Å². The molecule has 5 nitrogen and oxygen atoms in total. The van der Waals surface area contributed by atoms with Crippen LogP contribution < -0.4 is 5.32 Å². The van der Waals surface area contributed by atoms with Crippen LogP contribution in [-0.2, 0) is 0 Å². The minimum absolute atomic E-state index is 0. The van der Waals surface area contributed by atoms with E-state index in [1.54, 1.807) is 0 Å². The van der Waals surface area contributed by atoms with Crippen molar-refractivity contribution in [2.45, 2.75) is 18.8 Å². The average Bonchev–Trinajstić information content (AvgIpc) is 2.68. The summed E-state index contributed by atoms with van der Waals surface area (Å²) >= 11 is 0. The van der Waals surface area contributed by atoms with Gasteiger partial charge in [-0.1, -0.05) is 0 Å². The van der Waals surface area contributed by atoms with Gasteiger partial charge in [-0.25, -0.2) is 9.78 Å². The molecule has 0 spiro atoms. The first-order valence-corrected chi connectivity index (χ1v) is 4.76. The lowest BCUT2D eigenvalue weighted by Crippen LogP contribution is -2.27. The highest BCUT2D eigenvalue weighted by atomic mass is 35.5. The number of aromatic amines is 1. The van der Waals surface area contributed by atoms with Gasteiger partial charge in [0.15, 0.2) is 0 Å². The zero-order valence-corrected chi connectivity index (χ0v) is 10.2. The quantitative estimate of drug-likeness (QED) is 0.758. The van der Waals surface area contributed by atoms with E-state index >= 15 is 0 Å². The Morgan fingerprint density at radius 3 is 2.50 bits per heavy atom. The molecular formula is C9H15Cl2N3O2. The highest BCUT2D eigenvalue weighted by Gasteiger charge is 2.19. The molecule has 2 rings (SSSR count). The Kier molecular flexibility index (Phi) is 6.40. The Labute approximate surface area is 106 Å². The third-order valence-corrected chi connectivity index (χ3v) is 2.55. The van der Waals surface area contributed by atoms with Gasteiger partial charge in [0.25, 0.3) is 0 Å².